The molecule has 0 unspecified atom stereocenters. The molecule has 230 valence electrons. The van der Waals surface area contributed by atoms with Crippen molar-refractivity contribution in [1.82, 2.24) is 10.2 Å². The highest BCUT2D eigenvalue weighted by Crippen LogP contribution is 2.25. The van der Waals surface area contributed by atoms with Gasteiger partial charge in [-0.3, -0.25) is 13.9 Å². The van der Waals surface area contributed by atoms with Gasteiger partial charge in [0.2, 0.25) is 11.8 Å². The summed E-state index contributed by atoms with van der Waals surface area (Å²) in [6, 6.07) is 27.9. The quantitative estimate of drug-likeness (QED) is 0.212. The molecule has 0 bridgehead atoms. The van der Waals surface area contributed by atoms with Crippen LogP contribution in [0.25, 0.3) is 0 Å². The lowest BCUT2D eigenvalue weighted by Crippen LogP contribution is -2.56. The van der Waals surface area contributed by atoms with Gasteiger partial charge in [0.25, 0.3) is 10.0 Å². The van der Waals surface area contributed by atoms with Gasteiger partial charge in [-0.25, -0.2) is 12.8 Å². The van der Waals surface area contributed by atoms with E-state index in [0.29, 0.717) is 10.6 Å². The number of sulfonamides is 1. The number of anilines is 1. The standard InChI is InChI=1S/C34H35ClFN3O4S/c1-34(2,3)37-33(41)31(22-25-11-6-4-7-12-25)38(23-26-13-10-14-27(35)21-26)32(40)24-39(29-15-8-5-9-16-29)44(42,43)30-19-17-28(36)18-20-30/h4-21,31H,22-24H2,1-3H3,(H,37,41)/t31-/m0/s1. The van der Waals surface area contributed by atoms with Crippen LogP contribution in [0.4, 0.5) is 10.1 Å². The molecule has 0 aromatic heterocycles. The number of halogens is 2. The van der Waals surface area contributed by atoms with Crippen molar-refractivity contribution in [3.63, 3.8) is 0 Å². The number of para-hydroxylation sites is 1. The summed E-state index contributed by atoms with van der Waals surface area (Å²) < 4.78 is 42.5. The van der Waals surface area contributed by atoms with Crippen LogP contribution >= 0.6 is 11.6 Å². The van der Waals surface area contributed by atoms with Crippen molar-refractivity contribution in [2.75, 3.05) is 10.8 Å². The number of nitrogens with zero attached hydrogens (tertiary/aromatic N) is 2. The summed E-state index contributed by atoms with van der Waals surface area (Å²) in [5.74, 6) is -1.58. The fourth-order valence-electron chi connectivity index (χ4n) is 4.70. The predicted octanol–water partition coefficient (Wildman–Crippen LogP) is 6.23. The van der Waals surface area contributed by atoms with Gasteiger partial charge in [0.1, 0.15) is 18.4 Å². The number of rotatable bonds is 11. The lowest BCUT2D eigenvalue weighted by molar-refractivity contribution is -0.140. The second-order valence-electron chi connectivity index (χ2n) is 11.4. The Balaban J connectivity index is 1.80. The van der Waals surface area contributed by atoms with Gasteiger partial charge in [-0.05, 0) is 80.4 Å². The first-order valence-corrected chi connectivity index (χ1v) is 15.9. The Morgan fingerprint density at radius 1 is 0.841 bits per heavy atom. The summed E-state index contributed by atoms with van der Waals surface area (Å²) >= 11 is 6.27. The molecule has 4 aromatic carbocycles. The third kappa shape index (κ3) is 8.67. The molecular formula is C34H35ClFN3O4S. The average Bonchev–Trinajstić information content (AvgIpc) is 2.98. The molecular weight excluding hydrogens is 601 g/mol. The highest BCUT2D eigenvalue weighted by atomic mass is 35.5. The Labute approximate surface area is 263 Å². The summed E-state index contributed by atoms with van der Waals surface area (Å²) in [6.07, 6.45) is 0.186. The van der Waals surface area contributed by atoms with Gasteiger partial charge < -0.3 is 10.2 Å². The van der Waals surface area contributed by atoms with Gasteiger partial charge in [-0.15, -0.1) is 0 Å². The Kier molecular flexibility index (Phi) is 10.4. The molecule has 44 heavy (non-hydrogen) atoms. The average molecular weight is 636 g/mol. The lowest BCUT2D eigenvalue weighted by atomic mass is 10.0. The first-order valence-electron chi connectivity index (χ1n) is 14.1. The van der Waals surface area contributed by atoms with E-state index in [1.54, 1.807) is 54.6 Å². The second kappa shape index (κ2) is 14.1. The summed E-state index contributed by atoms with van der Waals surface area (Å²) in [6.45, 7) is 4.92. The molecule has 0 saturated heterocycles. The molecule has 4 aromatic rings. The summed E-state index contributed by atoms with van der Waals surface area (Å²) in [5.41, 5.74) is 1.13. The molecule has 0 fully saturated rings. The van der Waals surface area contributed by atoms with E-state index in [1.165, 1.54) is 4.90 Å². The fourth-order valence-corrected chi connectivity index (χ4v) is 6.32. The molecule has 0 aliphatic rings. The van der Waals surface area contributed by atoms with E-state index in [4.69, 9.17) is 11.6 Å². The van der Waals surface area contributed by atoms with E-state index in [9.17, 15) is 22.4 Å². The van der Waals surface area contributed by atoms with Gasteiger partial charge >= 0.3 is 0 Å². The topological polar surface area (TPSA) is 86.8 Å². The van der Waals surface area contributed by atoms with E-state index in [1.807, 2.05) is 51.1 Å². The molecule has 0 radical (unpaired) electrons. The van der Waals surface area contributed by atoms with Crippen molar-refractivity contribution in [3.8, 4) is 0 Å². The Hall–Kier alpha value is -4.21. The number of benzene rings is 4. The zero-order valence-electron chi connectivity index (χ0n) is 24.8. The van der Waals surface area contributed by atoms with Crippen LogP contribution in [0.2, 0.25) is 5.02 Å². The van der Waals surface area contributed by atoms with Crippen LogP contribution in [-0.2, 0) is 32.6 Å². The Morgan fingerprint density at radius 2 is 1.43 bits per heavy atom. The second-order valence-corrected chi connectivity index (χ2v) is 13.7. The molecule has 7 nitrogen and oxygen atoms in total. The maximum absolute atomic E-state index is 14.4. The van der Waals surface area contributed by atoms with Gasteiger partial charge in [0.15, 0.2) is 0 Å². The SMILES string of the molecule is CC(C)(C)NC(=O)[C@H](Cc1ccccc1)N(Cc1cccc(Cl)c1)C(=O)CN(c1ccccc1)S(=O)(=O)c1ccc(F)cc1. The van der Waals surface area contributed by atoms with Crippen molar-refractivity contribution in [3.05, 3.63) is 131 Å². The van der Waals surface area contributed by atoms with Crippen LogP contribution in [0.15, 0.2) is 114 Å². The van der Waals surface area contributed by atoms with Gasteiger partial charge in [-0.1, -0.05) is 72.3 Å². The number of hydrogen-bond acceptors (Lipinski definition) is 4. The van der Waals surface area contributed by atoms with E-state index in [2.05, 4.69) is 5.32 Å². The zero-order chi connectivity index (χ0) is 31.9. The Bertz CT molecular complexity index is 1680. The lowest BCUT2D eigenvalue weighted by Gasteiger charge is -2.35. The van der Waals surface area contributed by atoms with E-state index >= 15 is 0 Å². The summed E-state index contributed by atoms with van der Waals surface area (Å²) in [5, 5.41) is 3.45. The molecule has 1 atom stereocenters. The van der Waals surface area contributed by atoms with Gasteiger partial charge in [-0.2, -0.15) is 0 Å². The van der Waals surface area contributed by atoms with Crippen molar-refractivity contribution in [2.24, 2.45) is 0 Å². The molecule has 0 aliphatic carbocycles. The number of hydrogen-bond donors (Lipinski definition) is 1. The first kappa shape index (κ1) is 32.7. The van der Waals surface area contributed by atoms with Crippen LogP contribution in [-0.4, -0.2) is 43.3 Å². The van der Waals surface area contributed by atoms with Gasteiger partial charge in [0.05, 0.1) is 10.6 Å². The molecule has 0 aliphatic heterocycles. The Morgan fingerprint density at radius 3 is 2.02 bits per heavy atom. The highest BCUT2D eigenvalue weighted by molar-refractivity contribution is 7.92. The molecule has 0 saturated carbocycles. The largest absolute Gasteiger partial charge is 0.350 e. The molecule has 10 heteroatoms. The van der Waals surface area contributed by atoms with Crippen molar-refractivity contribution >= 4 is 39.1 Å². The maximum atomic E-state index is 14.4. The molecule has 0 spiro atoms. The molecule has 1 N–H and O–H groups in total. The smallest absolute Gasteiger partial charge is 0.264 e. The van der Waals surface area contributed by atoms with E-state index in [-0.39, 0.29) is 29.5 Å². The van der Waals surface area contributed by atoms with Crippen LogP contribution in [0.1, 0.15) is 31.9 Å². The summed E-state index contributed by atoms with van der Waals surface area (Å²) in [4.78, 5) is 29.5. The number of carbonyl (C=O) groups is 2. The number of amides is 2. The molecule has 2 amide bonds. The van der Waals surface area contributed by atoms with Crippen molar-refractivity contribution < 1.29 is 22.4 Å². The van der Waals surface area contributed by atoms with Crippen molar-refractivity contribution in [2.45, 2.75) is 50.2 Å². The van der Waals surface area contributed by atoms with Crippen LogP contribution in [0.5, 0.6) is 0 Å². The zero-order valence-corrected chi connectivity index (χ0v) is 26.4. The predicted molar refractivity (Wildman–Crippen MR) is 171 cm³/mol. The normalized spacial score (nSPS) is 12.3. The maximum Gasteiger partial charge on any atom is 0.264 e. The number of carbonyl (C=O) groups excluding carboxylic acids is 2. The highest BCUT2D eigenvalue weighted by Gasteiger charge is 2.35. The molecule has 0 heterocycles. The van der Waals surface area contributed by atoms with Gasteiger partial charge in [0, 0.05) is 23.5 Å². The third-order valence-electron chi connectivity index (χ3n) is 6.74. The summed E-state index contributed by atoms with van der Waals surface area (Å²) in [7, 11) is -4.32. The van der Waals surface area contributed by atoms with Crippen LogP contribution < -0.4 is 9.62 Å². The molecule has 4 rings (SSSR count). The third-order valence-corrected chi connectivity index (χ3v) is 8.76. The van der Waals surface area contributed by atoms with Crippen LogP contribution in [0.3, 0.4) is 0 Å². The van der Waals surface area contributed by atoms with Crippen molar-refractivity contribution in [1.29, 1.82) is 0 Å². The van der Waals surface area contributed by atoms with E-state index in [0.717, 1.165) is 34.1 Å². The minimum atomic E-state index is -4.32. The first-order chi connectivity index (χ1) is 20.8. The fraction of sp³-hybridized carbons (Fsp3) is 0.235. The number of nitrogens with one attached hydrogen (secondary N) is 1. The van der Waals surface area contributed by atoms with Crippen LogP contribution in [0, 0.1) is 5.82 Å². The minimum Gasteiger partial charge on any atom is -0.350 e. The van der Waals surface area contributed by atoms with E-state index < -0.39 is 39.9 Å². The monoisotopic (exact) mass is 635 g/mol. The minimum absolute atomic E-state index is 0.00627.